The fourth-order valence-corrected chi connectivity index (χ4v) is 4.53. The van der Waals surface area contributed by atoms with E-state index in [0.29, 0.717) is 13.0 Å². The Labute approximate surface area is 141 Å². The molecule has 0 amide bonds. The molecular formula is C17H18N2O4S. The molecular weight excluding hydrogens is 328 g/mol. The maximum absolute atomic E-state index is 12.9. The lowest BCUT2D eigenvalue weighted by Crippen LogP contribution is -2.38. The quantitative estimate of drug-likeness (QED) is 0.796. The maximum atomic E-state index is 12.9. The number of methoxy groups -OCH3 is 1. The highest BCUT2D eigenvalue weighted by Crippen LogP contribution is 2.33. The third-order valence-electron chi connectivity index (χ3n) is 4.28. The van der Waals surface area contributed by atoms with Crippen molar-refractivity contribution in [2.24, 2.45) is 0 Å². The van der Waals surface area contributed by atoms with Crippen molar-refractivity contribution in [3.05, 3.63) is 59.4 Å². The van der Waals surface area contributed by atoms with Crippen LogP contribution in [-0.2, 0) is 21.2 Å². The highest BCUT2D eigenvalue weighted by molar-refractivity contribution is 7.89. The number of benzene rings is 1. The summed E-state index contributed by atoms with van der Waals surface area (Å²) >= 11 is 0. The normalized spacial score (nSPS) is 18.0. The van der Waals surface area contributed by atoms with Crippen molar-refractivity contribution in [3.63, 3.8) is 0 Å². The van der Waals surface area contributed by atoms with Gasteiger partial charge < -0.3 is 4.74 Å². The Balaban J connectivity index is 1.92. The summed E-state index contributed by atoms with van der Waals surface area (Å²) in [4.78, 5) is 15.4. The van der Waals surface area contributed by atoms with Crippen LogP contribution in [0.15, 0.2) is 47.5 Å². The number of sulfonamides is 1. The van der Waals surface area contributed by atoms with E-state index in [4.69, 9.17) is 0 Å². The molecule has 0 N–H and O–H groups in total. The highest BCUT2D eigenvalue weighted by atomic mass is 32.2. The Morgan fingerprint density at radius 2 is 2.00 bits per heavy atom. The second-order valence-corrected chi connectivity index (χ2v) is 7.50. The van der Waals surface area contributed by atoms with Crippen LogP contribution in [0.5, 0.6) is 0 Å². The molecule has 0 aliphatic carbocycles. The molecule has 1 aliphatic heterocycles. The van der Waals surface area contributed by atoms with Gasteiger partial charge >= 0.3 is 5.97 Å². The van der Waals surface area contributed by atoms with Gasteiger partial charge in [0.15, 0.2) is 0 Å². The predicted octanol–water partition coefficient (Wildman–Crippen LogP) is 2.18. The Bertz CT molecular complexity index is 862. The number of fused-ring (bicyclic) bond motifs is 1. The molecule has 3 rings (SSSR count). The molecule has 24 heavy (non-hydrogen) atoms. The first-order valence-electron chi connectivity index (χ1n) is 7.59. The van der Waals surface area contributed by atoms with Crippen LogP contribution in [0, 0.1) is 0 Å². The van der Waals surface area contributed by atoms with Crippen LogP contribution in [0.1, 0.15) is 34.6 Å². The van der Waals surface area contributed by atoms with E-state index in [-0.39, 0.29) is 16.6 Å². The van der Waals surface area contributed by atoms with Crippen LogP contribution in [0.3, 0.4) is 0 Å². The van der Waals surface area contributed by atoms with Crippen LogP contribution >= 0.6 is 0 Å². The van der Waals surface area contributed by atoms with Crippen LogP contribution in [0.4, 0.5) is 0 Å². The van der Waals surface area contributed by atoms with Crippen LogP contribution in [0.2, 0.25) is 0 Å². The van der Waals surface area contributed by atoms with E-state index in [2.05, 4.69) is 9.72 Å². The van der Waals surface area contributed by atoms with Crippen molar-refractivity contribution >= 4 is 16.0 Å². The SMILES string of the molecule is COC(=O)c1ccc(S(=O)(=O)N2CCc3ccccc3[C@@H]2C)cn1. The zero-order valence-electron chi connectivity index (χ0n) is 13.5. The Morgan fingerprint density at radius 1 is 1.25 bits per heavy atom. The summed E-state index contributed by atoms with van der Waals surface area (Å²) in [6.45, 7) is 2.30. The second kappa shape index (κ2) is 6.33. The van der Waals surface area contributed by atoms with E-state index in [1.54, 1.807) is 0 Å². The summed E-state index contributed by atoms with van der Waals surface area (Å²) in [6.07, 6.45) is 1.88. The van der Waals surface area contributed by atoms with Crippen LogP contribution in [-0.4, -0.2) is 37.3 Å². The molecule has 0 unspecified atom stereocenters. The van der Waals surface area contributed by atoms with Gasteiger partial charge in [-0.05, 0) is 36.6 Å². The average Bonchev–Trinajstić information content (AvgIpc) is 2.61. The van der Waals surface area contributed by atoms with Crippen molar-refractivity contribution in [3.8, 4) is 0 Å². The lowest BCUT2D eigenvalue weighted by molar-refractivity contribution is 0.0594. The highest BCUT2D eigenvalue weighted by Gasteiger charge is 2.33. The molecule has 0 bridgehead atoms. The molecule has 0 spiro atoms. The number of aromatic nitrogens is 1. The van der Waals surface area contributed by atoms with Crippen molar-refractivity contribution in [1.29, 1.82) is 0 Å². The van der Waals surface area contributed by atoms with E-state index in [1.165, 1.54) is 35.3 Å². The number of ether oxygens (including phenoxy) is 1. The maximum Gasteiger partial charge on any atom is 0.356 e. The first-order chi connectivity index (χ1) is 11.4. The lowest BCUT2D eigenvalue weighted by Gasteiger charge is -2.34. The fourth-order valence-electron chi connectivity index (χ4n) is 2.97. The second-order valence-electron chi connectivity index (χ2n) is 5.61. The molecule has 7 heteroatoms. The molecule has 0 saturated carbocycles. The number of esters is 1. The third-order valence-corrected chi connectivity index (χ3v) is 6.23. The lowest BCUT2D eigenvalue weighted by atomic mass is 9.96. The van der Waals surface area contributed by atoms with Gasteiger partial charge in [-0.2, -0.15) is 4.31 Å². The number of nitrogens with zero attached hydrogens (tertiary/aromatic N) is 2. The molecule has 2 aromatic rings. The summed E-state index contributed by atoms with van der Waals surface area (Å²) in [7, 11) is -2.43. The molecule has 2 heterocycles. The average molecular weight is 346 g/mol. The van der Waals surface area contributed by atoms with Crippen molar-refractivity contribution in [2.75, 3.05) is 13.7 Å². The van der Waals surface area contributed by atoms with Gasteiger partial charge in [0.05, 0.1) is 7.11 Å². The molecule has 1 aromatic heterocycles. The molecule has 0 fully saturated rings. The zero-order chi connectivity index (χ0) is 17.3. The molecule has 0 radical (unpaired) electrons. The molecule has 1 aromatic carbocycles. The smallest absolute Gasteiger partial charge is 0.356 e. The van der Waals surface area contributed by atoms with Gasteiger partial charge in [-0.25, -0.2) is 18.2 Å². The van der Waals surface area contributed by atoms with Crippen molar-refractivity contribution < 1.29 is 17.9 Å². The molecule has 126 valence electrons. The first-order valence-corrected chi connectivity index (χ1v) is 9.03. The van der Waals surface area contributed by atoms with Crippen molar-refractivity contribution in [2.45, 2.75) is 24.3 Å². The number of hydrogen-bond donors (Lipinski definition) is 0. The van der Waals surface area contributed by atoms with Gasteiger partial charge in [0.25, 0.3) is 0 Å². The Kier molecular flexibility index (Phi) is 4.38. The number of hydrogen-bond acceptors (Lipinski definition) is 5. The minimum absolute atomic E-state index is 0.0707. The summed E-state index contributed by atoms with van der Waals surface area (Å²) < 4.78 is 31.9. The minimum atomic E-state index is -3.68. The van der Waals surface area contributed by atoms with Gasteiger partial charge in [-0.1, -0.05) is 24.3 Å². The standard InChI is InChI=1S/C17H18N2O4S/c1-12-15-6-4-3-5-13(15)9-10-19(12)24(21,22)14-7-8-16(18-11-14)17(20)23-2/h3-8,11-12H,9-10H2,1-2H3/t12-/m0/s1. The van der Waals surface area contributed by atoms with Gasteiger partial charge in [0.2, 0.25) is 10.0 Å². The fraction of sp³-hybridized carbons (Fsp3) is 0.294. The van der Waals surface area contributed by atoms with Gasteiger partial charge in [-0.15, -0.1) is 0 Å². The monoisotopic (exact) mass is 346 g/mol. The van der Waals surface area contributed by atoms with E-state index in [1.807, 2.05) is 31.2 Å². The van der Waals surface area contributed by atoms with Crippen LogP contribution in [0.25, 0.3) is 0 Å². The summed E-state index contributed by atoms with van der Waals surface area (Å²) in [6, 6.07) is 10.4. The number of rotatable bonds is 3. The van der Waals surface area contributed by atoms with Gasteiger partial charge in [0.1, 0.15) is 10.6 Å². The van der Waals surface area contributed by atoms with Crippen molar-refractivity contribution in [1.82, 2.24) is 9.29 Å². The number of carbonyl (C=O) groups is 1. The zero-order valence-corrected chi connectivity index (χ0v) is 14.3. The summed E-state index contributed by atoms with van der Waals surface area (Å²) in [5.74, 6) is -0.598. The third kappa shape index (κ3) is 2.81. The minimum Gasteiger partial charge on any atom is -0.464 e. The Hall–Kier alpha value is -2.25. The Morgan fingerprint density at radius 3 is 2.67 bits per heavy atom. The molecule has 0 saturated heterocycles. The molecule has 1 aliphatic rings. The topological polar surface area (TPSA) is 76.6 Å². The largest absolute Gasteiger partial charge is 0.464 e. The van der Waals surface area contributed by atoms with E-state index in [0.717, 1.165) is 5.56 Å². The van der Waals surface area contributed by atoms with E-state index >= 15 is 0 Å². The van der Waals surface area contributed by atoms with Crippen LogP contribution < -0.4 is 0 Å². The molecule has 1 atom stereocenters. The predicted molar refractivity (Wildman–Crippen MR) is 88.0 cm³/mol. The summed E-state index contributed by atoms with van der Waals surface area (Å²) in [5, 5.41) is 0. The van der Waals surface area contributed by atoms with Gasteiger partial charge in [0, 0.05) is 18.8 Å². The number of pyridine rings is 1. The van der Waals surface area contributed by atoms with Gasteiger partial charge in [-0.3, -0.25) is 0 Å². The number of carbonyl (C=O) groups excluding carboxylic acids is 1. The first kappa shape index (κ1) is 16.6. The van der Waals surface area contributed by atoms with E-state index in [9.17, 15) is 13.2 Å². The van der Waals surface area contributed by atoms with E-state index < -0.39 is 16.0 Å². The summed E-state index contributed by atoms with van der Waals surface area (Å²) in [5.41, 5.74) is 2.27. The molecule has 6 nitrogen and oxygen atoms in total.